The zero-order valence-corrected chi connectivity index (χ0v) is 19.0. The van der Waals surface area contributed by atoms with Gasteiger partial charge < -0.3 is 4.90 Å². The van der Waals surface area contributed by atoms with Crippen LogP contribution in [0.15, 0.2) is 101 Å². The highest BCUT2D eigenvalue weighted by Gasteiger charge is 2.10. The number of rotatable bonds is 8. The Balaban J connectivity index is 1.42. The first-order valence-electron chi connectivity index (χ1n) is 10.7. The van der Waals surface area contributed by atoms with Crippen molar-refractivity contribution >= 4 is 29.2 Å². The van der Waals surface area contributed by atoms with Crippen LogP contribution >= 0.6 is 11.6 Å². The average molecular weight is 458 g/mol. The van der Waals surface area contributed by atoms with Crippen molar-refractivity contribution in [2.24, 2.45) is 5.10 Å². The first kappa shape index (κ1) is 22.3. The lowest BCUT2D eigenvalue weighted by Crippen LogP contribution is -2.22. The number of para-hydroxylation sites is 1. The van der Waals surface area contributed by atoms with Gasteiger partial charge in [0, 0.05) is 18.8 Å². The highest BCUT2D eigenvalue weighted by molar-refractivity contribution is 6.32. The molecule has 0 saturated heterocycles. The number of halogens is 1. The van der Waals surface area contributed by atoms with Gasteiger partial charge in [0.05, 0.1) is 18.1 Å². The van der Waals surface area contributed by atoms with Gasteiger partial charge in [-0.2, -0.15) is 14.9 Å². The minimum atomic E-state index is -0.412. The topological polar surface area (TPSA) is 62.5 Å². The third-order valence-electron chi connectivity index (χ3n) is 5.17. The Labute approximate surface area is 197 Å². The maximum atomic E-state index is 12.6. The smallest absolute Gasteiger partial charge is 0.292 e. The quantitative estimate of drug-likeness (QED) is 0.286. The lowest BCUT2D eigenvalue weighted by Gasteiger charge is -2.23. The second-order valence-electron chi connectivity index (χ2n) is 7.39. The first-order valence-corrected chi connectivity index (χ1v) is 11.0. The third-order valence-corrected chi connectivity index (χ3v) is 5.54. The van der Waals surface area contributed by atoms with Crippen molar-refractivity contribution in [1.82, 2.24) is 9.78 Å². The maximum Gasteiger partial charge on any atom is 0.292 e. The summed E-state index contributed by atoms with van der Waals surface area (Å²) in [6, 6.07) is 27.7. The summed E-state index contributed by atoms with van der Waals surface area (Å²) in [5.41, 5.74) is 6.73. The molecule has 1 heterocycles. The summed E-state index contributed by atoms with van der Waals surface area (Å²) < 4.78 is 1.25. The van der Waals surface area contributed by atoms with Crippen LogP contribution in [0.25, 0.3) is 5.69 Å². The van der Waals surface area contributed by atoms with E-state index in [-0.39, 0.29) is 5.02 Å². The van der Waals surface area contributed by atoms with Crippen molar-refractivity contribution < 1.29 is 0 Å². The molecule has 0 radical (unpaired) electrons. The predicted molar refractivity (Wildman–Crippen MR) is 136 cm³/mol. The summed E-state index contributed by atoms with van der Waals surface area (Å²) in [6.45, 7) is 3.90. The molecule has 33 heavy (non-hydrogen) atoms. The summed E-state index contributed by atoms with van der Waals surface area (Å²) in [6.07, 6.45) is 3.16. The van der Waals surface area contributed by atoms with E-state index in [2.05, 4.69) is 63.8 Å². The fourth-order valence-electron chi connectivity index (χ4n) is 3.40. The van der Waals surface area contributed by atoms with Gasteiger partial charge in [0.2, 0.25) is 0 Å². The minimum Gasteiger partial charge on any atom is -0.367 e. The van der Waals surface area contributed by atoms with Crippen LogP contribution in [0, 0.1) is 0 Å². The van der Waals surface area contributed by atoms with Crippen LogP contribution in [0.1, 0.15) is 18.1 Å². The lowest BCUT2D eigenvalue weighted by atomic mass is 10.1. The van der Waals surface area contributed by atoms with E-state index in [4.69, 9.17) is 11.6 Å². The number of benzene rings is 3. The van der Waals surface area contributed by atoms with Gasteiger partial charge in [-0.1, -0.05) is 72.3 Å². The number of hydrogen-bond donors (Lipinski definition) is 1. The second kappa shape index (κ2) is 10.6. The molecule has 166 valence electrons. The summed E-state index contributed by atoms with van der Waals surface area (Å²) in [4.78, 5) is 14.9. The van der Waals surface area contributed by atoms with Crippen molar-refractivity contribution in [2.45, 2.75) is 13.5 Å². The van der Waals surface area contributed by atoms with E-state index in [0.717, 1.165) is 24.3 Å². The number of hydrazone groups is 1. The molecule has 0 fully saturated rings. The SMILES string of the molecule is CCN(Cc1ccccc1)c1ccc(/C=N\Nc2cnn(-c3ccccc3)c(=O)c2Cl)cc1. The molecule has 0 unspecified atom stereocenters. The summed E-state index contributed by atoms with van der Waals surface area (Å²) >= 11 is 6.25. The molecule has 4 rings (SSSR count). The van der Waals surface area contributed by atoms with E-state index in [1.165, 1.54) is 16.4 Å². The molecule has 0 aliphatic heterocycles. The standard InChI is InChI=1S/C26H24ClN5O/c1-2-31(19-21-9-5-3-6-10-21)22-15-13-20(14-16-22)17-28-30-24-18-29-32(26(33)25(24)27)23-11-7-4-8-12-23/h3-18,30H,2,19H2,1H3/b28-17-. The normalized spacial score (nSPS) is 11.0. The van der Waals surface area contributed by atoms with Crippen molar-refractivity contribution in [2.75, 3.05) is 16.9 Å². The van der Waals surface area contributed by atoms with E-state index in [1.807, 2.05) is 36.4 Å². The van der Waals surface area contributed by atoms with Crippen molar-refractivity contribution in [3.63, 3.8) is 0 Å². The van der Waals surface area contributed by atoms with Gasteiger partial charge in [0.15, 0.2) is 0 Å². The zero-order chi connectivity index (χ0) is 23.0. The Bertz CT molecular complexity index is 1270. The monoisotopic (exact) mass is 457 g/mol. The number of aromatic nitrogens is 2. The molecule has 0 aliphatic rings. The number of hydrogen-bond acceptors (Lipinski definition) is 5. The van der Waals surface area contributed by atoms with Crippen LogP contribution < -0.4 is 15.9 Å². The molecule has 0 saturated carbocycles. The Kier molecular flexibility index (Phi) is 7.17. The number of anilines is 2. The molecule has 3 aromatic carbocycles. The van der Waals surface area contributed by atoms with Crippen LogP contribution in [0.2, 0.25) is 5.02 Å². The number of nitrogens with zero attached hydrogens (tertiary/aromatic N) is 4. The summed E-state index contributed by atoms with van der Waals surface area (Å²) in [5.74, 6) is 0. The van der Waals surface area contributed by atoms with Crippen LogP contribution in [-0.4, -0.2) is 22.5 Å². The van der Waals surface area contributed by atoms with Crippen molar-refractivity contribution in [3.8, 4) is 5.69 Å². The first-order chi connectivity index (χ1) is 16.2. The molecule has 1 aromatic heterocycles. The van der Waals surface area contributed by atoms with Gasteiger partial charge >= 0.3 is 0 Å². The molecule has 7 heteroatoms. The van der Waals surface area contributed by atoms with Crippen LogP contribution in [-0.2, 0) is 6.54 Å². The van der Waals surface area contributed by atoms with Crippen LogP contribution in [0.3, 0.4) is 0 Å². The Morgan fingerprint density at radius 1 is 1.00 bits per heavy atom. The lowest BCUT2D eigenvalue weighted by molar-refractivity contribution is 0.808. The van der Waals surface area contributed by atoms with E-state index >= 15 is 0 Å². The van der Waals surface area contributed by atoms with E-state index in [0.29, 0.717) is 11.4 Å². The number of nitrogens with one attached hydrogen (secondary N) is 1. The average Bonchev–Trinajstić information content (AvgIpc) is 2.87. The predicted octanol–water partition coefficient (Wildman–Crippen LogP) is 5.36. The molecule has 0 atom stereocenters. The van der Waals surface area contributed by atoms with Gasteiger partial charge in [-0.25, -0.2) is 0 Å². The molecule has 1 N–H and O–H groups in total. The zero-order valence-electron chi connectivity index (χ0n) is 18.2. The molecule has 0 bridgehead atoms. The molecular weight excluding hydrogens is 434 g/mol. The highest BCUT2D eigenvalue weighted by atomic mass is 35.5. The van der Waals surface area contributed by atoms with Crippen molar-refractivity contribution in [1.29, 1.82) is 0 Å². The molecule has 0 amide bonds. The van der Waals surface area contributed by atoms with Gasteiger partial charge in [0.25, 0.3) is 5.56 Å². The van der Waals surface area contributed by atoms with Gasteiger partial charge in [-0.05, 0) is 42.3 Å². The van der Waals surface area contributed by atoms with Crippen LogP contribution in [0.5, 0.6) is 0 Å². The molecule has 4 aromatic rings. The van der Waals surface area contributed by atoms with Gasteiger partial charge in [-0.3, -0.25) is 10.2 Å². The Morgan fingerprint density at radius 3 is 2.33 bits per heavy atom. The fourth-order valence-corrected chi connectivity index (χ4v) is 3.57. The summed E-state index contributed by atoms with van der Waals surface area (Å²) in [7, 11) is 0. The summed E-state index contributed by atoms with van der Waals surface area (Å²) in [5, 5.41) is 8.43. The fraction of sp³-hybridized carbons (Fsp3) is 0.115. The second-order valence-corrected chi connectivity index (χ2v) is 7.76. The van der Waals surface area contributed by atoms with E-state index in [9.17, 15) is 4.79 Å². The third kappa shape index (κ3) is 5.48. The molecule has 0 aliphatic carbocycles. The Hall–Kier alpha value is -3.90. The van der Waals surface area contributed by atoms with Crippen molar-refractivity contribution in [3.05, 3.63) is 118 Å². The molecule has 6 nitrogen and oxygen atoms in total. The van der Waals surface area contributed by atoms with Crippen LogP contribution in [0.4, 0.5) is 11.4 Å². The van der Waals surface area contributed by atoms with Gasteiger partial charge in [-0.15, -0.1) is 0 Å². The largest absolute Gasteiger partial charge is 0.367 e. The minimum absolute atomic E-state index is 0.0286. The Morgan fingerprint density at radius 2 is 1.67 bits per heavy atom. The molecule has 0 spiro atoms. The van der Waals surface area contributed by atoms with Gasteiger partial charge in [0.1, 0.15) is 10.7 Å². The highest BCUT2D eigenvalue weighted by Crippen LogP contribution is 2.19. The van der Waals surface area contributed by atoms with E-state index in [1.54, 1.807) is 18.3 Å². The van der Waals surface area contributed by atoms with E-state index < -0.39 is 5.56 Å². The maximum absolute atomic E-state index is 12.6. The molecular formula is C26H24ClN5O.